The molecule has 0 heterocycles. The number of hydrogen-bond donors (Lipinski definition) is 1. The van der Waals surface area contributed by atoms with E-state index in [2.05, 4.69) is 26.0 Å². The van der Waals surface area contributed by atoms with Gasteiger partial charge in [0.15, 0.2) is 0 Å². The van der Waals surface area contributed by atoms with E-state index < -0.39 is 24.0 Å². The summed E-state index contributed by atoms with van der Waals surface area (Å²) in [5.74, 6) is -0.877. The highest BCUT2D eigenvalue weighted by atomic mass is 16.5. The molecular formula is C25H27NO4. The number of benzene rings is 2. The van der Waals surface area contributed by atoms with Crippen LogP contribution in [0.1, 0.15) is 43.9 Å². The zero-order valence-electron chi connectivity index (χ0n) is 17.5. The van der Waals surface area contributed by atoms with Crippen molar-refractivity contribution in [3.63, 3.8) is 0 Å². The molecule has 4 aliphatic carbocycles. The van der Waals surface area contributed by atoms with Crippen LogP contribution in [0.15, 0.2) is 48.5 Å². The van der Waals surface area contributed by atoms with Crippen LogP contribution in [-0.2, 0) is 9.53 Å². The van der Waals surface area contributed by atoms with Crippen LogP contribution in [0.4, 0.5) is 4.79 Å². The third-order valence-electron chi connectivity index (χ3n) is 8.01. The Morgan fingerprint density at radius 2 is 1.57 bits per heavy atom. The molecule has 4 atom stereocenters. The van der Waals surface area contributed by atoms with Gasteiger partial charge >= 0.3 is 12.1 Å². The van der Waals surface area contributed by atoms with Gasteiger partial charge in [0, 0.05) is 0 Å². The Bertz CT molecular complexity index is 984. The number of hydrogen-bond acceptors (Lipinski definition) is 3. The van der Waals surface area contributed by atoms with E-state index in [-0.39, 0.29) is 17.4 Å². The lowest BCUT2D eigenvalue weighted by Gasteiger charge is -2.63. The normalized spacial score (nSPS) is 28.1. The highest BCUT2D eigenvalue weighted by Crippen LogP contribution is 2.63. The summed E-state index contributed by atoms with van der Waals surface area (Å²) >= 11 is 0. The van der Waals surface area contributed by atoms with Crippen LogP contribution >= 0.6 is 0 Å². The molecule has 0 spiro atoms. The topological polar surface area (TPSA) is 66.8 Å². The molecule has 2 aromatic carbocycles. The number of methoxy groups -OCH3 is 1. The minimum Gasteiger partial charge on any atom is -0.481 e. The van der Waals surface area contributed by atoms with Crippen LogP contribution in [0.5, 0.6) is 0 Å². The Morgan fingerprint density at radius 1 is 1.00 bits per heavy atom. The van der Waals surface area contributed by atoms with E-state index in [1.807, 2.05) is 36.4 Å². The number of nitrogens with zero attached hydrogens (tertiary/aromatic N) is 1. The van der Waals surface area contributed by atoms with Gasteiger partial charge in [0.1, 0.15) is 0 Å². The van der Waals surface area contributed by atoms with E-state index in [1.54, 1.807) is 4.90 Å². The molecule has 5 heteroatoms. The molecule has 0 aliphatic heterocycles. The predicted molar refractivity (Wildman–Crippen MR) is 113 cm³/mol. The third-order valence-corrected chi connectivity index (χ3v) is 8.01. The average Bonchev–Trinajstić information content (AvgIpc) is 3.08. The Kier molecular flexibility index (Phi) is 4.21. The predicted octanol–water partition coefficient (Wildman–Crippen LogP) is 4.96. The molecule has 1 unspecified atom stereocenters. The van der Waals surface area contributed by atoms with Gasteiger partial charge in [-0.3, -0.25) is 9.69 Å². The maximum Gasteiger partial charge on any atom is 0.410 e. The highest BCUT2D eigenvalue weighted by molar-refractivity contribution is 5.82. The summed E-state index contributed by atoms with van der Waals surface area (Å²) in [6.07, 6.45) is 1.11. The van der Waals surface area contributed by atoms with E-state index in [9.17, 15) is 14.7 Å². The summed E-state index contributed by atoms with van der Waals surface area (Å²) in [5, 5.41) is 10.1. The molecule has 1 N–H and O–H groups in total. The van der Waals surface area contributed by atoms with Crippen molar-refractivity contribution in [1.29, 1.82) is 0 Å². The zero-order valence-corrected chi connectivity index (χ0v) is 17.5. The van der Waals surface area contributed by atoms with Gasteiger partial charge in [-0.05, 0) is 52.3 Å². The fourth-order valence-corrected chi connectivity index (χ4v) is 6.33. The van der Waals surface area contributed by atoms with Crippen molar-refractivity contribution in [3.8, 4) is 11.1 Å². The number of carbonyl (C=O) groups excluding carboxylic acids is 1. The monoisotopic (exact) mass is 405 g/mol. The van der Waals surface area contributed by atoms with Crippen LogP contribution in [0.25, 0.3) is 11.1 Å². The zero-order chi connectivity index (χ0) is 21.2. The lowest BCUT2D eigenvalue weighted by Crippen LogP contribution is -2.66. The maximum atomic E-state index is 13.3. The number of aliphatic carboxylic acids is 1. The lowest BCUT2D eigenvalue weighted by atomic mass is 9.44. The fraction of sp³-hybridized carbons (Fsp3) is 0.440. The molecular weight excluding hydrogens is 378 g/mol. The summed E-state index contributed by atoms with van der Waals surface area (Å²) in [6.45, 7) is 4.42. The number of ether oxygens (including phenoxy) is 1. The molecule has 0 aromatic heterocycles. The first-order valence-electron chi connectivity index (χ1n) is 10.6. The molecule has 6 rings (SSSR count). The molecule has 3 fully saturated rings. The Balaban J connectivity index is 1.69. The number of carboxylic acids is 1. The molecule has 3 saturated carbocycles. The van der Waals surface area contributed by atoms with Gasteiger partial charge in [-0.2, -0.15) is 0 Å². The van der Waals surface area contributed by atoms with Crippen molar-refractivity contribution >= 4 is 12.1 Å². The lowest BCUT2D eigenvalue weighted by molar-refractivity contribution is -0.174. The summed E-state index contributed by atoms with van der Waals surface area (Å²) in [7, 11) is 1.38. The van der Waals surface area contributed by atoms with Crippen LogP contribution < -0.4 is 0 Å². The van der Waals surface area contributed by atoms with Gasteiger partial charge in [0.2, 0.25) is 0 Å². The van der Waals surface area contributed by atoms with E-state index in [0.29, 0.717) is 12.3 Å². The average molecular weight is 405 g/mol. The number of carbonyl (C=O) groups is 2. The van der Waals surface area contributed by atoms with Crippen LogP contribution in [0.3, 0.4) is 0 Å². The standard InChI is InChI=1S/C25H27NO4/c1-25(2)14-12-19(23(27)28)22(20(25)13-14)26(24(29)30-3)21-17-10-6-4-8-15(17)16-9-5-7-11-18(16)21/h4-11,14,19-22H,12-13H2,1-3H3,(H,27,28)/t14?,19-,20+,22+/m1/s1. The SMILES string of the molecule is COC(=O)N(C1c2ccccc2-c2ccccc21)[C@H]1[C@H](C(=O)O)CC2C[C@@H]1C2(C)C. The Morgan fingerprint density at radius 3 is 2.07 bits per heavy atom. The molecule has 30 heavy (non-hydrogen) atoms. The Labute approximate surface area is 176 Å². The first-order chi connectivity index (χ1) is 14.4. The number of fused-ring (bicyclic) bond motifs is 5. The quantitative estimate of drug-likeness (QED) is 0.784. The van der Waals surface area contributed by atoms with E-state index in [4.69, 9.17) is 4.74 Å². The van der Waals surface area contributed by atoms with Crippen molar-refractivity contribution in [2.75, 3.05) is 7.11 Å². The summed E-state index contributed by atoms with van der Waals surface area (Å²) in [6, 6.07) is 15.4. The molecule has 0 radical (unpaired) electrons. The summed E-state index contributed by atoms with van der Waals surface area (Å²) in [5.41, 5.74) is 4.28. The van der Waals surface area contributed by atoms with Crippen molar-refractivity contribution in [2.45, 2.75) is 38.8 Å². The minimum absolute atomic E-state index is 0.0144. The van der Waals surface area contributed by atoms with Crippen molar-refractivity contribution in [3.05, 3.63) is 59.7 Å². The van der Waals surface area contributed by atoms with E-state index >= 15 is 0 Å². The second-order valence-corrected chi connectivity index (χ2v) is 9.49. The molecule has 156 valence electrons. The number of rotatable bonds is 3. The third kappa shape index (κ3) is 2.47. The van der Waals surface area contributed by atoms with Crippen molar-refractivity contribution in [1.82, 2.24) is 4.90 Å². The first-order valence-corrected chi connectivity index (χ1v) is 10.6. The second kappa shape index (κ2) is 6.59. The van der Waals surface area contributed by atoms with Crippen LogP contribution in [0.2, 0.25) is 0 Å². The van der Waals surface area contributed by atoms with Crippen molar-refractivity contribution < 1.29 is 19.4 Å². The smallest absolute Gasteiger partial charge is 0.410 e. The van der Waals surface area contributed by atoms with Crippen molar-refractivity contribution in [2.24, 2.45) is 23.2 Å². The largest absolute Gasteiger partial charge is 0.481 e. The number of amides is 1. The molecule has 2 aromatic rings. The van der Waals surface area contributed by atoms with E-state index in [0.717, 1.165) is 28.7 Å². The minimum atomic E-state index is -0.821. The summed E-state index contributed by atoms with van der Waals surface area (Å²) in [4.78, 5) is 27.3. The fourth-order valence-electron chi connectivity index (χ4n) is 6.33. The number of carboxylic acid groups (broad SMARTS) is 1. The Hall–Kier alpha value is -2.82. The highest BCUT2D eigenvalue weighted by Gasteiger charge is 2.62. The first kappa shape index (κ1) is 19.2. The van der Waals surface area contributed by atoms with Crippen LogP contribution in [-0.4, -0.2) is 35.2 Å². The van der Waals surface area contributed by atoms with Crippen LogP contribution in [0, 0.1) is 23.2 Å². The molecule has 5 nitrogen and oxygen atoms in total. The molecule has 2 bridgehead atoms. The van der Waals surface area contributed by atoms with Gasteiger partial charge in [-0.1, -0.05) is 62.4 Å². The van der Waals surface area contributed by atoms with Gasteiger partial charge in [-0.15, -0.1) is 0 Å². The molecule has 1 amide bonds. The van der Waals surface area contributed by atoms with Gasteiger partial charge < -0.3 is 9.84 Å². The second-order valence-electron chi connectivity index (χ2n) is 9.49. The molecule has 4 aliphatic rings. The maximum absolute atomic E-state index is 13.3. The molecule has 0 saturated heterocycles. The van der Waals surface area contributed by atoms with Gasteiger partial charge in [-0.25, -0.2) is 4.79 Å². The van der Waals surface area contributed by atoms with E-state index in [1.165, 1.54) is 7.11 Å². The van der Waals surface area contributed by atoms with Gasteiger partial charge in [0.25, 0.3) is 0 Å². The van der Waals surface area contributed by atoms with Gasteiger partial charge in [0.05, 0.1) is 25.1 Å². The summed E-state index contributed by atoms with van der Waals surface area (Å²) < 4.78 is 5.26.